The molecular formula is C20H26N2O. The number of nitrogens with one attached hydrogen (secondary N) is 1. The van der Waals surface area contributed by atoms with Crippen LogP contribution in [0, 0.1) is 5.92 Å². The van der Waals surface area contributed by atoms with Gasteiger partial charge in [0.15, 0.2) is 0 Å². The van der Waals surface area contributed by atoms with Gasteiger partial charge in [-0.25, -0.2) is 0 Å². The van der Waals surface area contributed by atoms with Crippen LogP contribution in [0.2, 0.25) is 0 Å². The quantitative estimate of drug-likeness (QED) is 0.902. The SMILES string of the molecule is CC(NC(=O)C1CCCCC1(C)N)c1cccc2ccccc12. The van der Waals surface area contributed by atoms with Crippen molar-refractivity contribution in [3.63, 3.8) is 0 Å². The van der Waals surface area contributed by atoms with Crippen molar-refractivity contribution in [2.24, 2.45) is 11.7 Å². The first-order valence-corrected chi connectivity index (χ1v) is 8.56. The molecule has 0 bridgehead atoms. The van der Waals surface area contributed by atoms with Crippen molar-refractivity contribution in [2.75, 3.05) is 0 Å². The summed E-state index contributed by atoms with van der Waals surface area (Å²) in [6, 6.07) is 14.5. The summed E-state index contributed by atoms with van der Waals surface area (Å²) >= 11 is 0. The van der Waals surface area contributed by atoms with Gasteiger partial charge in [-0.3, -0.25) is 4.79 Å². The van der Waals surface area contributed by atoms with Crippen LogP contribution in [-0.4, -0.2) is 11.4 Å². The molecule has 0 heterocycles. The van der Waals surface area contributed by atoms with Gasteiger partial charge in [0.2, 0.25) is 5.91 Å². The first kappa shape index (κ1) is 16.0. The summed E-state index contributed by atoms with van der Waals surface area (Å²) in [5.41, 5.74) is 7.14. The molecule has 0 aliphatic heterocycles. The van der Waals surface area contributed by atoms with Crippen molar-refractivity contribution >= 4 is 16.7 Å². The van der Waals surface area contributed by atoms with Crippen molar-refractivity contribution in [3.8, 4) is 0 Å². The van der Waals surface area contributed by atoms with E-state index in [9.17, 15) is 4.79 Å². The number of carbonyl (C=O) groups excluding carboxylic acids is 1. The fraction of sp³-hybridized carbons (Fsp3) is 0.450. The van der Waals surface area contributed by atoms with Crippen molar-refractivity contribution in [2.45, 2.75) is 51.1 Å². The third kappa shape index (κ3) is 3.25. The number of carbonyl (C=O) groups is 1. The van der Waals surface area contributed by atoms with Gasteiger partial charge in [-0.2, -0.15) is 0 Å². The van der Waals surface area contributed by atoms with E-state index in [1.807, 2.05) is 25.1 Å². The van der Waals surface area contributed by atoms with Gasteiger partial charge in [-0.15, -0.1) is 0 Å². The Kier molecular flexibility index (Phi) is 4.40. The summed E-state index contributed by atoms with van der Waals surface area (Å²) in [6.07, 6.45) is 4.03. The molecule has 1 aliphatic rings. The molecule has 0 aromatic heterocycles. The van der Waals surface area contributed by atoms with Gasteiger partial charge in [0.05, 0.1) is 12.0 Å². The lowest BCUT2D eigenvalue weighted by Crippen LogP contribution is -2.53. The minimum Gasteiger partial charge on any atom is -0.349 e. The second kappa shape index (κ2) is 6.32. The molecule has 122 valence electrons. The molecular weight excluding hydrogens is 284 g/mol. The number of nitrogens with two attached hydrogens (primary N) is 1. The average molecular weight is 310 g/mol. The van der Waals surface area contributed by atoms with E-state index >= 15 is 0 Å². The molecule has 23 heavy (non-hydrogen) atoms. The van der Waals surface area contributed by atoms with Crippen LogP contribution in [0.4, 0.5) is 0 Å². The summed E-state index contributed by atoms with van der Waals surface area (Å²) in [7, 11) is 0. The van der Waals surface area contributed by atoms with E-state index in [-0.39, 0.29) is 23.4 Å². The molecule has 3 unspecified atom stereocenters. The van der Waals surface area contributed by atoms with Gasteiger partial charge in [0.25, 0.3) is 0 Å². The summed E-state index contributed by atoms with van der Waals surface area (Å²) in [5, 5.41) is 5.59. The molecule has 3 N–H and O–H groups in total. The third-order valence-electron chi connectivity index (χ3n) is 5.22. The number of benzene rings is 2. The molecule has 1 fully saturated rings. The summed E-state index contributed by atoms with van der Waals surface area (Å²) in [6.45, 7) is 4.06. The predicted octanol–water partition coefficient (Wildman–Crippen LogP) is 3.92. The molecule has 0 radical (unpaired) electrons. The van der Waals surface area contributed by atoms with Crippen molar-refractivity contribution < 1.29 is 4.79 Å². The van der Waals surface area contributed by atoms with Gasteiger partial charge in [-0.1, -0.05) is 55.3 Å². The maximum atomic E-state index is 12.7. The largest absolute Gasteiger partial charge is 0.349 e. The summed E-state index contributed by atoms with van der Waals surface area (Å²) in [5.74, 6) is 0.00353. The zero-order chi connectivity index (χ0) is 16.4. The lowest BCUT2D eigenvalue weighted by atomic mass is 9.74. The van der Waals surface area contributed by atoms with Crippen LogP contribution in [0.3, 0.4) is 0 Å². The number of fused-ring (bicyclic) bond motifs is 1. The smallest absolute Gasteiger partial charge is 0.225 e. The van der Waals surface area contributed by atoms with Crippen LogP contribution in [0.5, 0.6) is 0 Å². The Hall–Kier alpha value is -1.87. The molecule has 3 atom stereocenters. The monoisotopic (exact) mass is 310 g/mol. The Morgan fingerprint density at radius 3 is 2.74 bits per heavy atom. The van der Waals surface area contributed by atoms with Crippen LogP contribution in [0.25, 0.3) is 10.8 Å². The highest BCUT2D eigenvalue weighted by Gasteiger charge is 2.38. The van der Waals surface area contributed by atoms with E-state index in [1.165, 1.54) is 10.8 Å². The minimum atomic E-state index is -0.388. The number of hydrogen-bond acceptors (Lipinski definition) is 2. The second-order valence-corrected chi connectivity index (χ2v) is 7.10. The minimum absolute atomic E-state index is 0.0219. The van der Waals surface area contributed by atoms with Crippen LogP contribution >= 0.6 is 0 Å². The maximum Gasteiger partial charge on any atom is 0.225 e. The van der Waals surface area contributed by atoms with Gasteiger partial charge in [-0.05, 0) is 43.0 Å². The van der Waals surface area contributed by atoms with E-state index in [1.54, 1.807) is 0 Å². The lowest BCUT2D eigenvalue weighted by Gasteiger charge is -2.37. The van der Waals surface area contributed by atoms with Gasteiger partial charge in [0, 0.05) is 5.54 Å². The van der Waals surface area contributed by atoms with E-state index in [0.717, 1.165) is 31.2 Å². The maximum absolute atomic E-state index is 12.7. The Balaban J connectivity index is 1.80. The van der Waals surface area contributed by atoms with Crippen molar-refractivity contribution in [3.05, 3.63) is 48.0 Å². The highest BCUT2D eigenvalue weighted by molar-refractivity contribution is 5.87. The van der Waals surface area contributed by atoms with Gasteiger partial charge < -0.3 is 11.1 Å². The summed E-state index contributed by atoms with van der Waals surface area (Å²) < 4.78 is 0. The first-order chi connectivity index (χ1) is 11.0. The van der Waals surface area contributed by atoms with Crippen LogP contribution in [0.15, 0.2) is 42.5 Å². The number of rotatable bonds is 3. The van der Waals surface area contributed by atoms with Crippen molar-refractivity contribution in [1.29, 1.82) is 0 Å². The Bertz CT molecular complexity index is 702. The zero-order valence-corrected chi connectivity index (χ0v) is 14.0. The highest BCUT2D eigenvalue weighted by atomic mass is 16.2. The Morgan fingerprint density at radius 1 is 1.22 bits per heavy atom. The topological polar surface area (TPSA) is 55.1 Å². The molecule has 3 nitrogen and oxygen atoms in total. The second-order valence-electron chi connectivity index (χ2n) is 7.10. The van der Waals surface area contributed by atoms with E-state index < -0.39 is 0 Å². The zero-order valence-electron chi connectivity index (χ0n) is 14.0. The molecule has 1 aliphatic carbocycles. The normalized spacial score (nSPS) is 26.0. The van der Waals surface area contributed by atoms with Crippen LogP contribution in [0.1, 0.15) is 51.1 Å². The van der Waals surface area contributed by atoms with E-state index in [0.29, 0.717) is 0 Å². The Morgan fingerprint density at radius 2 is 1.96 bits per heavy atom. The number of hydrogen-bond donors (Lipinski definition) is 2. The lowest BCUT2D eigenvalue weighted by molar-refractivity contribution is -0.128. The third-order valence-corrected chi connectivity index (χ3v) is 5.22. The average Bonchev–Trinajstić information content (AvgIpc) is 2.53. The van der Waals surface area contributed by atoms with E-state index in [4.69, 9.17) is 5.73 Å². The molecule has 0 spiro atoms. The highest BCUT2D eigenvalue weighted by Crippen LogP contribution is 2.32. The fourth-order valence-electron chi connectivity index (χ4n) is 3.81. The molecule has 1 saturated carbocycles. The van der Waals surface area contributed by atoms with Crippen molar-refractivity contribution in [1.82, 2.24) is 5.32 Å². The molecule has 3 heteroatoms. The molecule has 0 saturated heterocycles. The fourth-order valence-corrected chi connectivity index (χ4v) is 3.81. The molecule has 3 rings (SSSR count). The first-order valence-electron chi connectivity index (χ1n) is 8.56. The molecule has 2 aromatic carbocycles. The van der Waals surface area contributed by atoms with Crippen LogP contribution < -0.4 is 11.1 Å². The van der Waals surface area contributed by atoms with Gasteiger partial charge >= 0.3 is 0 Å². The van der Waals surface area contributed by atoms with E-state index in [2.05, 4.69) is 36.5 Å². The predicted molar refractivity (Wildman–Crippen MR) is 95.1 cm³/mol. The molecule has 1 amide bonds. The molecule has 2 aromatic rings. The summed E-state index contributed by atoms with van der Waals surface area (Å²) in [4.78, 5) is 12.7. The van der Waals surface area contributed by atoms with Gasteiger partial charge in [0.1, 0.15) is 0 Å². The number of amides is 1. The Labute approximate surface area is 138 Å². The standard InChI is InChI=1S/C20H26N2O/c1-14(16-11-7-9-15-8-3-4-10-17(15)16)22-19(23)18-12-5-6-13-20(18,2)21/h3-4,7-11,14,18H,5-6,12-13,21H2,1-2H3,(H,22,23). The van der Waals surface area contributed by atoms with Crippen LogP contribution in [-0.2, 0) is 4.79 Å².